The molecule has 6 nitrogen and oxygen atoms in total. The SMILES string of the molecule is CCC1CCC(N)(c2nc(C(=O)NC3CC3)no2)CC1. The van der Waals surface area contributed by atoms with Gasteiger partial charge in [0.2, 0.25) is 5.89 Å². The van der Waals surface area contributed by atoms with Crippen molar-refractivity contribution in [3.63, 3.8) is 0 Å². The van der Waals surface area contributed by atoms with Gasteiger partial charge < -0.3 is 15.6 Å². The molecule has 3 rings (SSSR count). The highest BCUT2D eigenvalue weighted by atomic mass is 16.5. The Hall–Kier alpha value is -1.43. The molecule has 0 bridgehead atoms. The highest BCUT2D eigenvalue weighted by Crippen LogP contribution is 2.37. The van der Waals surface area contributed by atoms with E-state index in [1.807, 2.05) is 0 Å². The average molecular weight is 278 g/mol. The molecule has 0 radical (unpaired) electrons. The van der Waals surface area contributed by atoms with Crippen molar-refractivity contribution in [2.75, 3.05) is 0 Å². The molecule has 0 spiro atoms. The molecule has 2 aliphatic carbocycles. The highest BCUT2D eigenvalue weighted by Gasteiger charge is 2.38. The molecule has 20 heavy (non-hydrogen) atoms. The van der Waals surface area contributed by atoms with Crippen molar-refractivity contribution in [2.24, 2.45) is 11.7 Å². The van der Waals surface area contributed by atoms with Gasteiger partial charge in [0, 0.05) is 6.04 Å². The number of nitrogens with zero attached hydrogens (tertiary/aromatic N) is 2. The Morgan fingerprint density at radius 2 is 2.10 bits per heavy atom. The predicted molar refractivity (Wildman–Crippen MR) is 72.9 cm³/mol. The van der Waals surface area contributed by atoms with Gasteiger partial charge in [-0.15, -0.1) is 0 Å². The van der Waals surface area contributed by atoms with Crippen LogP contribution in [0.15, 0.2) is 4.52 Å². The normalized spacial score (nSPS) is 30.2. The molecule has 3 N–H and O–H groups in total. The van der Waals surface area contributed by atoms with Gasteiger partial charge in [0.25, 0.3) is 11.7 Å². The first kappa shape index (κ1) is 13.5. The zero-order chi connectivity index (χ0) is 14.2. The molecule has 0 aliphatic heterocycles. The molecule has 0 aromatic carbocycles. The van der Waals surface area contributed by atoms with Crippen molar-refractivity contribution in [1.82, 2.24) is 15.5 Å². The zero-order valence-electron chi connectivity index (χ0n) is 11.9. The van der Waals surface area contributed by atoms with E-state index in [2.05, 4.69) is 22.4 Å². The largest absolute Gasteiger partial charge is 0.346 e. The van der Waals surface area contributed by atoms with Gasteiger partial charge in [0.05, 0.1) is 5.54 Å². The summed E-state index contributed by atoms with van der Waals surface area (Å²) in [6.45, 7) is 2.21. The van der Waals surface area contributed by atoms with Crippen LogP contribution in [0.25, 0.3) is 0 Å². The predicted octanol–water partition coefficient (Wildman–Crippen LogP) is 1.72. The maximum Gasteiger partial charge on any atom is 0.292 e. The molecule has 2 aliphatic rings. The van der Waals surface area contributed by atoms with Crippen LogP contribution >= 0.6 is 0 Å². The topological polar surface area (TPSA) is 94.0 Å². The fraction of sp³-hybridized carbons (Fsp3) is 0.786. The van der Waals surface area contributed by atoms with Crippen LogP contribution in [0, 0.1) is 5.92 Å². The van der Waals surface area contributed by atoms with Crippen molar-refractivity contribution < 1.29 is 9.32 Å². The second-order valence-electron chi connectivity index (χ2n) is 6.18. The molecule has 1 aromatic heterocycles. The second-order valence-corrected chi connectivity index (χ2v) is 6.18. The molecule has 1 heterocycles. The van der Waals surface area contributed by atoms with Crippen molar-refractivity contribution in [2.45, 2.75) is 63.5 Å². The first-order valence-corrected chi connectivity index (χ1v) is 7.54. The second kappa shape index (κ2) is 5.16. The molecule has 2 saturated carbocycles. The Morgan fingerprint density at radius 1 is 1.40 bits per heavy atom. The summed E-state index contributed by atoms with van der Waals surface area (Å²) in [6.07, 6.45) is 7.12. The summed E-state index contributed by atoms with van der Waals surface area (Å²) < 4.78 is 5.25. The maximum atomic E-state index is 11.9. The lowest BCUT2D eigenvalue weighted by Gasteiger charge is -2.33. The van der Waals surface area contributed by atoms with Crippen LogP contribution in [0.1, 0.15) is 68.4 Å². The maximum absolute atomic E-state index is 11.9. The summed E-state index contributed by atoms with van der Waals surface area (Å²) in [7, 11) is 0. The fourth-order valence-corrected chi connectivity index (χ4v) is 2.81. The van der Waals surface area contributed by atoms with Crippen LogP contribution in [0.3, 0.4) is 0 Å². The Balaban J connectivity index is 1.67. The van der Waals surface area contributed by atoms with E-state index in [-0.39, 0.29) is 17.8 Å². The van der Waals surface area contributed by atoms with E-state index in [9.17, 15) is 4.79 Å². The monoisotopic (exact) mass is 278 g/mol. The van der Waals surface area contributed by atoms with Crippen LogP contribution in [-0.4, -0.2) is 22.1 Å². The van der Waals surface area contributed by atoms with E-state index >= 15 is 0 Å². The summed E-state index contributed by atoms with van der Waals surface area (Å²) in [5.41, 5.74) is 5.84. The molecule has 1 amide bonds. The van der Waals surface area contributed by atoms with E-state index < -0.39 is 5.54 Å². The van der Waals surface area contributed by atoms with E-state index in [1.54, 1.807) is 0 Å². The van der Waals surface area contributed by atoms with Gasteiger partial charge in [-0.1, -0.05) is 18.5 Å². The van der Waals surface area contributed by atoms with Crippen molar-refractivity contribution in [1.29, 1.82) is 0 Å². The van der Waals surface area contributed by atoms with Gasteiger partial charge in [-0.05, 0) is 44.4 Å². The third kappa shape index (κ3) is 2.70. The lowest BCUT2D eigenvalue weighted by molar-refractivity contribution is 0.0937. The Bertz CT molecular complexity index is 487. The molecular weight excluding hydrogens is 256 g/mol. The number of nitrogens with one attached hydrogen (secondary N) is 1. The Morgan fingerprint density at radius 3 is 2.70 bits per heavy atom. The molecule has 0 atom stereocenters. The first-order valence-electron chi connectivity index (χ1n) is 7.54. The van der Waals surface area contributed by atoms with Gasteiger partial charge in [-0.25, -0.2) is 0 Å². The van der Waals surface area contributed by atoms with Crippen LogP contribution in [-0.2, 0) is 5.54 Å². The van der Waals surface area contributed by atoms with E-state index in [1.165, 1.54) is 6.42 Å². The minimum atomic E-state index is -0.559. The lowest BCUT2D eigenvalue weighted by atomic mass is 9.76. The minimum Gasteiger partial charge on any atom is -0.346 e. The Kier molecular flexibility index (Phi) is 3.50. The average Bonchev–Trinajstić information content (AvgIpc) is 3.11. The first-order chi connectivity index (χ1) is 9.60. The molecule has 2 fully saturated rings. The fourth-order valence-electron chi connectivity index (χ4n) is 2.81. The highest BCUT2D eigenvalue weighted by molar-refractivity contribution is 5.90. The summed E-state index contributed by atoms with van der Waals surface area (Å²) >= 11 is 0. The van der Waals surface area contributed by atoms with Crippen molar-refractivity contribution in [3.8, 4) is 0 Å². The van der Waals surface area contributed by atoms with Gasteiger partial charge in [-0.2, -0.15) is 4.98 Å². The number of hydrogen-bond acceptors (Lipinski definition) is 5. The molecule has 0 unspecified atom stereocenters. The summed E-state index contributed by atoms with van der Waals surface area (Å²) in [5.74, 6) is 1.00. The van der Waals surface area contributed by atoms with Gasteiger partial charge in [0.15, 0.2) is 0 Å². The van der Waals surface area contributed by atoms with Crippen molar-refractivity contribution >= 4 is 5.91 Å². The van der Waals surface area contributed by atoms with Crippen LogP contribution in [0.2, 0.25) is 0 Å². The lowest BCUT2D eigenvalue weighted by Crippen LogP contribution is -2.41. The number of amides is 1. The number of rotatable bonds is 4. The standard InChI is InChI=1S/C14H22N4O2/c1-2-9-5-7-14(15,8-6-9)13-17-11(18-20-13)12(19)16-10-3-4-10/h9-10H,2-8,15H2,1H3,(H,16,19). The van der Waals surface area contributed by atoms with Crippen LogP contribution < -0.4 is 11.1 Å². The number of hydrogen-bond donors (Lipinski definition) is 2. The number of carbonyl (C=O) groups is 1. The third-order valence-corrected chi connectivity index (χ3v) is 4.54. The zero-order valence-corrected chi connectivity index (χ0v) is 11.9. The molecule has 0 saturated heterocycles. The molecule has 6 heteroatoms. The molecule has 1 aromatic rings. The Labute approximate surface area is 118 Å². The number of nitrogens with two attached hydrogens (primary N) is 1. The van der Waals surface area contributed by atoms with Gasteiger partial charge >= 0.3 is 0 Å². The van der Waals surface area contributed by atoms with Crippen LogP contribution in [0.4, 0.5) is 0 Å². The quantitative estimate of drug-likeness (QED) is 0.874. The van der Waals surface area contributed by atoms with Crippen LogP contribution in [0.5, 0.6) is 0 Å². The number of aromatic nitrogens is 2. The summed E-state index contributed by atoms with van der Waals surface area (Å²) in [6, 6.07) is 0.288. The van der Waals surface area contributed by atoms with E-state index in [4.69, 9.17) is 10.3 Å². The summed E-state index contributed by atoms with van der Waals surface area (Å²) in [4.78, 5) is 16.1. The third-order valence-electron chi connectivity index (χ3n) is 4.54. The van der Waals surface area contributed by atoms with Crippen molar-refractivity contribution in [3.05, 3.63) is 11.7 Å². The minimum absolute atomic E-state index is 0.106. The van der Waals surface area contributed by atoms with Gasteiger partial charge in [0.1, 0.15) is 0 Å². The van der Waals surface area contributed by atoms with Gasteiger partial charge in [-0.3, -0.25) is 4.79 Å². The van der Waals surface area contributed by atoms with E-state index in [0.717, 1.165) is 44.4 Å². The van der Waals surface area contributed by atoms with E-state index in [0.29, 0.717) is 5.89 Å². The molecule has 110 valence electrons. The summed E-state index contributed by atoms with van der Waals surface area (Å²) in [5, 5.41) is 6.63. The smallest absolute Gasteiger partial charge is 0.292 e. The molecular formula is C14H22N4O2. The number of carbonyl (C=O) groups excluding carboxylic acids is 1.